The molecule has 0 saturated carbocycles. The van der Waals surface area contributed by atoms with Gasteiger partial charge in [0.15, 0.2) is 0 Å². The molecule has 0 N–H and O–H groups in total. The molecule has 2 aromatic carbocycles. The van der Waals surface area contributed by atoms with E-state index in [1.54, 1.807) is 24.5 Å². The van der Waals surface area contributed by atoms with E-state index in [1.807, 2.05) is 60.7 Å². The lowest BCUT2D eigenvalue weighted by Crippen LogP contribution is -2.46. The van der Waals surface area contributed by atoms with E-state index in [0.717, 1.165) is 34.0 Å². The maximum absolute atomic E-state index is 12.1. The van der Waals surface area contributed by atoms with E-state index in [0.29, 0.717) is 0 Å². The maximum Gasteiger partial charge on any atom is 0.404 e. The lowest BCUT2D eigenvalue weighted by Gasteiger charge is -1.98. The molecule has 0 bridgehead atoms. The van der Waals surface area contributed by atoms with Gasteiger partial charge in [0, 0.05) is 45.9 Å². The Bertz CT molecular complexity index is 1110. The van der Waals surface area contributed by atoms with Crippen LogP contribution in [0.2, 0.25) is 0 Å². The van der Waals surface area contributed by atoms with Crippen molar-refractivity contribution in [1.29, 1.82) is 0 Å². The van der Waals surface area contributed by atoms with Gasteiger partial charge < -0.3 is 0 Å². The van der Waals surface area contributed by atoms with Gasteiger partial charge in [0.2, 0.25) is 12.4 Å². The number of rotatable bonds is 4. The Kier molecular flexibility index (Phi) is 4.76. The largest absolute Gasteiger partial charge is 0.404 e. The van der Waals surface area contributed by atoms with Crippen LogP contribution >= 0.6 is 0 Å². The zero-order chi connectivity index (χ0) is 19.3. The van der Waals surface area contributed by atoms with Crippen molar-refractivity contribution < 1.29 is 28.7 Å². The normalized spacial score (nSPS) is 11.0. The molecule has 0 aliphatic carbocycles. The molecule has 0 amide bonds. The van der Waals surface area contributed by atoms with E-state index in [4.69, 9.17) is 9.68 Å². The molecule has 4 rings (SSSR count). The lowest BCUT2D eigenvalue weighted by atomic mass is 10.2. The maximum atomic E-state index is 12.1. The second kappa shape index (κ2) is 7.67. The summed E-state index contributed by atoms with van der Waals surface area (Å²) in [5.74, 6) is -1.39. The van der Waals surface area contributed by atoms with Crippen molar-refractivity contribution in [1.82, 2.24) is 0 Å². The Hall–Kier alpha value is -4.06. The van der Waals surface area contributed by atoms with Gasteiger partial charge >= 0.3 is 11.9 Å². The number of aromatic nitrogens is 2. The van der Waals surface area contributed by atoms with E-state index in [9.17, 15) is 9.59 Å². The summed E-state index contributed by atoms with van der Waals surface area (Å²) in [6, 6.07) is 22.3. The Morgan fingerprint density at radius 3 is 1.46 bits per heavy atom. The molecular weight excluding hydrogens is 356 g/mol. The molecule has 0 fully saturated rings. The molecule has 6 heteroatoms. The van der Waals surface area contributed by atoms with Gasteiger partial charge in [0.25, 0.3) is 11.0 Å². The van der Waals surface area contributed by atoms with Crippen LogP contribution in [-0.4, -0.2) is 11.9 Å². The molecule has 0 aliphatic heterocycles. The van der Waals surface area contributed by atoms with Crippen LogP contribution in [0.1, 0.15) is 0 Å². The first-order chi connectivity index (χ1) is 13.7. The highest BCUT2D eigenvalue weighted by molar-refractivity contribution is 5.91. The number of benzene rings is 2. The molecule has 0 spiro atoms. The van der Waals surface area contributed by atoms with Gasteiger partial charge in [-0.05, 0) is 24.3 Å². The van der Waals surface area contributed by atoms with E-state index in [1.165, 1.54) is 9.46 Å². The van der Waals surface area contributed by atoms with Crippen LogP contribution in [0.4, 0.5) is 0 Å². The highest BCUT2D eigenvalue weighted by Crippen LogP contribution is 2.08. The first-order valence-corrected chi connectivity index (χ1v) is 8.62. The van der Waals surface area contributed by atoms with Gasteiger partial charge in [-0.1, -0.05) is 24.3 Å². The molecule has 0 unspecified atom stereocenters. The fourth-order valence-electron chi connectivity index (χ4n) is 2.82. The Labute approximate surface area is 160 Å². The number of carbonyl (C=O) groups is 2. The standard InChI is InChI=1S/C22H16N2O4/c25-21(27-23-15-5-9-17-7-1-3-11-19(17)23)13-14-22(26)28-24-16-6-10-18-8-2-4-12-20(18)24/h1-16H/q+2/b14-13+. The fraction of sp³-hybridized carbons (Fsp3) is 0. The summed E-state index contributed by atoms with van der Waals surface area (Å²) in [6.45, 7) is 0. The molecule has 2 heterocycles. The third-order valence-electron chi connectivity index (χ3n) is 4.08. The van der Waals surface area contributed by atoms with Gasteiger partial charge in [-0.2, -0.15) is 9.68 Å². The quantitative estimate of drug-likeness (QED) is 0.404. The number of carbonyl (C=O) groups excluding carboxylic acids is 2. The third kappa shape index (κ3) is 3.71. The number of hydrogen-bond acceptors (Lipinski definition) is 4. The lowest BCUT2D eigenvalue weighted by molar-refractivity contribution is -0.848. The first-order valence-electron chi connectivity index (χ1n) is 8.62. The fourth-order valence-corrected chi connectivity index (χ4v) is 2.82. The van der Waals surface area contributed by atoms with Crippen LogP contribution in [0.15, 0.2) is 97.3 Å². The SMILES string of the molecule is O=C(/C=C/C(=O)O[n+]1cccc2ccccc21)O[n+]1cccc2ccccc21. The predicted molar refractivity (Wildman–Crippen MR) is 101 cm³/mol. The number of hydrogen-bond donors (Lipinski definition) is 0. The highest BCUT2D eigenvalue weighted by Gasteiger charge is 2.16. The van der Waals surface area contributed by atoms with E-state index in [2.05, 4.69) is 0 Å². The molecule has 0 saturated heterocycles. The Morgan fingerprint density at radius 2 is 1.00 bits per heavy atom. The monoisotopic (exact) mass is 372 g/mol. The summed E-state index contributed by atoms with van der Waals surface area (Å²) in [7, 11) is 0. The summed E-state index contributed by atoms with van der Waals surface area (Å²) in [4.78, 5) is 34.7. The average Bonchev–Trinajstić information content (AvgIpc) is 2.73. The van der Waals surface area contributed by atoms with Crippen LogP contribution in [0.25, 0.3) is 21.8 Å². The van der Waals surface area contributed by atoms with Gasteiger partial charge in [0.05, 0.1) is 10.8 Å². The average molecular weight is 372 g/mol. The Balaban J connectivity index is 1.46. The van der Waals surface area contributed by atoms with Gasteiger partial charge in [-0.15, -0.1) is 0 Å². The van der Waals surface area contributed by atoms with Gasteiger partial charge in [0.1, 0.15) is 0 Å². The zero-order valence-electron chi connectivity index (χ0n) is 14.8. The second-order valence-electron chi connectivity index (χ2n) is 5.94. The molecule has 0 atom stereocenters. The molecule has 136 valence electrons. The summed E-state index contributed by atoms with van der Waals surface area (Å²) in [5.41, 5.74) is 1.47. The first kappa shape index (κ1) is 17.4. The highest BCUT2D eigenvalue weighted by atomic mass is 16.7. The summed E-state index contributed by atoms with van der Waals surface area (Å²) < 4.78 is 2.71. The van der Waals surface area contributed by atoms with Crippen molar-refractivity contribution in [3.05, 3.63) is 97.3 Å². The molecule has 4 aromatic rings. The topological polar surface area (TPSA) is 60.4 Å². The van der Waals surface area contributed by atoms with E-state index in [-0.39, 0.29) is 0 Å². The smallest absolute Gasteiger partial charge is 0.239 e. The molecule has 0 radical (unpaired) electrons. The van der Waals surface area contributed by atoms with Crippen LogP contribution < -0.4 is 19.1 Å². The molecular formula is C22H16N2O4+2. The molecule has 0 aliphatic rings. The summed E-state index contributed by atoms with van der Waals surface area (Å²) in [5, 5.41) is 1.85. The number of fused-ring (bicyclic) bond motifs is 2. The minimum absolute atomic E-state index is 0.693. The van der Waals surface area contributed by atoms with E-state index < -0.39 is 11.9 Å². The van der Waals surface area contributed by atoms with Crippen molar-refractivity contribution in [2.45, 2.75) is 0 Å². The predicted octanol–water partition coefficient (Wildman–Crippen LogP) is 1.73. The van der Waals surface area contributed by atoms with Crippen molar-refractivity contribution in [3.63, 3.8) is 0 Å². The minimum Gasteiger partial charge on any atom is -0.239 e. The van der Waals surface area contributed by atoms with Crippen LogP contribution in [-0.2, 0) is 9.59 Å². The second-order valence-corrected chi connectivity index (χ2v) is 5.94. The van der Waals surface area contributed by atoms with Gasteiger partial charge in [-0.25, -0.2) is 9.59 Å². The van der Waals surface area contributed by atoms with Gasteiger partial charge in [-0.3, -0.25) is 0 Å². The summed E-state index contributed by atoms with van der Waals surface area (Å²) in [6.07, 6.45) is 5.31. The van der Waals surface area contributed by atoms with Crippen molar-refractivity contribution in [3.8, 4) is 0 Å². The van der Waals surface area contributed by atoms with Crippen molar-refractivity contribution in [2.24, 2.45) is 0 Å². The Morgan fingerprint density at radius 1 is 0.607 bits per heavy atom. The molecule has 28 heavy (non-hydrogen) atoms. The van der Waals surface area contributed by atoms with Crippen molar-refractivity contribution in [2.75, 3.05) is 0 Å². The molecule has 6 nitrogen and oxygen atoms in total. The minimum atomic E-state index is -0.693. The number of para-hydroxylation sites is 2. The summed E-state index contributed by atoms with van der Waals surface area (Å²) >= 11 is 0. The van der Waals surface area contributed by atoms with Crippen LogP contribution in [0.3, 0.4) is 0 Å². The van der Waals surface area contributed by atoms with Crippen LogP contribution in [0, 0.1) is 0 Å². The number of pyridine rings is 2. The zero-order valence-corrected chi connectivity index (χ0v) is 14.8. The van der Waals surface area contributed by atoms with Crippen molar-refractivity contribution >= 4 is 33.7 Å². The van der Waals surface area contributed by atoms with E-state index >= 15 is 0 Å². The molecule has 2 aromatic heterocycles. The number of nitrogens with zero attached hydrogens (tertiary/aromatic N) is 2. The third-order valence-corrected chi connectivity index (χ3v) is 4.08. The van der Waals surface area contributed by atoms with Crippen LogP contribution in [0.5, 0.6) is 0 Å².